The highest BCUT2D eigenvalue weighted by atomic mass is 35.5. The van der Waals surface area contributed by atoms with Crippen LogP contribution in [0, 0.1) is 0 Å². The van der Waals surface area contributed by atoms with E-state index in [1.54, 1.807) is 28.4 Å². The molecule has 0 amide bonds. The van der Waals surface area contributed by atoms with Crippen molar-refractivity contribution in [2.75, 3.05) is 28.4 Å². The van der Waals surface area contributed by atoms with Gasteiger partial charge >= 0.3 is 11.8 Å². The summed E-state index contributed by atoms with van der Waals surface area (Å²) in [5, 5.41) is 1.85. The van der Waals surface area contributed by atoms with Crippen LogP contribution in [0.15, 0.2) is 0 Å². The van der Waals surface area contributed by atoms with Crippen molar-refractivity contribution in [3.63, 3.8) is 0 Å². The Morgan fingerprint density at radius 3 is 1.40 bits per heavy atom. The number of quaternary nitrogens is 1. The number of hydrogen-bond donors (Lipinski definition) is 1. The molecular weight excluding hydrogens is 222 g/mol. The summed E-state index contributed by atoms with van der Waals surface area (Å²) in [5.41, 5.74) is 0. The molecule has 92 valence electrons. The van der Waals surface area contributed by atoms with Crippen molar-refractivity contribution in [3.8, 4) is 0 Å². The summed E-state index contributed by atoms with van der Waals surface area (Å²) in [6.45, 7) is 0. The average Bonchev–Trinajstić information content (AvgIpc) is 2.29. The molecule has 1 aliphatic rings. The van der Waals surface area contributed by atoms with Gasteiger partial charge in [-0.1, -0.05) is 0 Å². The minimum Gasteiger partial charge on any atom is -1.00 e. The van der Waals surface area contributed by atoms with E-state index in [9.17, 15) is 0 Å². The van der Waals surface area contributed by atoms with Crippen LogP contribution in [0.4, 0.5) is 0 Å². The Bertz CT molecular complexity index is 165. The molecule has 0 unspecified atom stereocenters. The Balaban J connectivity index is 0.00000196. The van der Waals surface area contributed by atoms with Crippen molar-refractivity contribution >= 4 is 0 Å². The molecule has 0 bridgehead atoms. The number of ether oxygens (including phenoxy) is 4. The summed E-state index contributed by atoms with van der Waals surface area (Å²) in [6.07, 6.45) is 2.60. The molecule has 0 spiro atoms. The molecule has 0 saturated carbocycles. The van der Waals surface area contributed by atoms with E-state index in [0.29, 0.717) is 0 Å². The van der Waals surface area contributed by atoms with Gasteiger partial charge in [-0.05, 0) is 6.42 Å². The van der Waals surface area contributed by atoms with Crippen molar-refractivity contribution in [2.24, 2.45) is 0 Å². The zero-order valence-corrected chi connectivity index (χ0v) is 10.5. The topological polar surface area (TPSA) is 53.5 Å². The first-order valence-corrected chi connectivity index (χ1v) is 4.73. The number of nitrogens with two attached hydrogens (primary N) is 1. The Morgan fingerprint density at radius 2 is 1.13 bits per heavy atom. The zero-order chi connectivity index (χ0) is 10.7. The van der Waals surface area contributed by atoms with Gasteiger partial charge in [0.1, 0.15) is 0 Å². The third-order valence-electron chi connectivity index (χ3n) is 2.87. The van der Waals surface area contributed by atoms with E-state index < -0.39 is 11.8 Å². The second-order valence-corrected chi connectivity index (χ2v) is 3.44. The molecule has 15 heavy (non-hydrogen) atoms. The maximum atomic E-state index is 5.35. The predicted octanol–water partition coefficient (Wildman–Crippen LogP) is -3.37. The fraction of sp³-hybridized carbons (Fsp3) is 1.00. The minimum absolute atomic E-state index is 0. The van der Waals surface area contributed by atoms with Gasteiger partial charge in [0.25, 0.3) is 0 Å². The molecule has 1 saturated heterocycles. The van der Waals surface area contributed by atoms with Gasteiger partial charge in [-0.15, -0.1) is 0 Å². The van der Waals surface area contributed by atoms with Crippen molar-refractivity contribution in [2.45, 2.75) is 31.1 Å². The van der Waals surface area contributed by atoms with Crippen LogP contribution < -0.4 is 17.7 Å². The van der Waals surface area contributed by atoms with Gasteiger partial charge in [0, 0.05) is 28.4 Å². The third-order valence-corrected chi connectivity index (χ3v) is 2.87. The molecule has 1 rings (SSSR count). The van der Waals surface area contributed by atoms with Gasteiger partial charge in [0.05, 0.1) is 12.8 Å². The van der Waals surface area contributed by atoms with Crippen LogP contribution in [0.1, 0.15) is 19.3 Å². The average molecular weight is 242 g/mol. The van der Waals surface area contributed by atoms with E-state index in [1.807, 2.05) is 5.32 Å². The number of methoxy groups -OCH3 is 4. The van der Waals surface area contributed by atoms with Gasteiger partial charge in [-0.3, -0.25) is 0 Å². The molecule has 0 aromatic rings. The second kappa shape index (κ2) is 5.98. The Labute approximate surface area is 96.8 Å². The molecule has 1 fully saturated rings. The largest absolute Gasteiger partial charge is 1.00 e. The van der Waals surface area contributed by atoms with Gasteiger partial charge in [-0.2, -0.15) is 0 Å². The second-order valence-electron chi connectivity index (χ2n) is 3.44. The molecule has 5 nitrogen and oxygen atoms in total. The van der Waals surface area contributed by atoms with Gasteiger partial charge in [0.2, 0.25) is 0 Å². The number of piperidine rings is 1. The predicted molar refractivity (Wildman–Crippen MR) is 49.3 cm³/mol. The van der Waals surface area contributed by atoms with Crippen molar-refractivity contribution in [1.29, 1.82) is 0 Å². The lowest BCUT2D eigenvalue weighted by Crippen LogP contribution is -3.09. The van der Waals surface area contributed by atoms with Crippen LogP contribution in [0.25, 0.3) is 0 Å². The van der Waals surface area contributed by atoms with E-state index in [0.717, 1.165) is 19.3 Å². The summed E-state index contributed by atoms with van der Waals surface area (Å²) < 4.78 is 21.4. The molecule has 6 heteroatoms. The normalized spacial score (nSPS) is 23.2. The van der Waals surface area contributed by atoms with Crippen molar-refractivity contribution < 1.29 is 36.7 Å². The SMILES string of the molecule is COC1(OC)CCCC(OC)(OC)[NH2+]1.[Cl-]. The van der Waals surface area contributed by atoms with Gasteiger partial charge < -0.3 is 31.4 Å². The van der Waals surface area contributed by atoms with Crippen LogP contribution in [0.2, 0.25) is 0 Å². The lowest BCUT2D eigenvalue weighted by Gasteiger charge is -2.40. The van der Waals surface area contributed by atoms with E-state index >= 15 is 0 Å². The molecule has 1 heterocycles. The lowest BCUT2D eigenvalue weighted by atomic mass is 10.1. The minimum atomic E-state index is -0.676. The third kappa shape index (κ3) is 3.03. The highest BCUT2D eigenvalue weighted by molar-refractivity contribution is 4.65. The smallest absolute Gasteiger partial charge is 0.319 e. The fourth-order valence-corrected chi connectivity index (χ4v) is 1.87. The summed E-state index contributed by atoms with van der Waals surface area (Å²) in [6, 6.07) is 0. The van der Waals surface area contributed by atoms with E-state index in [2.05, 4.69) is 0 Å². The maximum absolute atomic E-state index is 5.35. The Hall–Kier alpha value is 0.0900. The van der Waals surface area contributed by atoms with Crippen LogP contribution in [-0.4, -0.2) is 40.3 Å². The summed E-state index contributed by atoms with van der Waals surface area (Å²) >= 11 is 0. The summed E-state index contributed by atoms with van der Waals surface area (Å²) in [5.74, 6) is -1.35. The Kier molecular flexibility index (Phi) is 6.02. The molecular formula is C9H20ClNO4. The zero-order valence-electron chi connectivity index (χ0n) is 9.71. The van der Waals surface area contributed by atoms with E-state index in [4.69, 9.17) is 18.9 Å². The first-order valence-electron chi connectivity index (χ1n) is 4.73. The number of rotatable bonds is 4. The monoisotopic (exact) mass is 241 g/mol. The van der Waals surface area contributed by atoms with Gasteiger partial charge in [0.15, 0.2) is 0 Å². The first-order chi connectivity index (χ1) is 6.66. The molecule has 0 atom stereocenters. The summed E-state index contributed by atoms with van der Waals surface area (Å²) in [7, 11) is 6.51. The molecule has 0 aromatic heterocycles. The molecule has 0 radical (unpaired) electrons. The van der Waals surface area contributed by atoms with E-state index in [1.165, 1.54) is 0 Å². The standard InChI is InChI=1S/C9H19NO4.ClH/c1-11-8(12-2)6-5-7-9(10-8,13-3)14-4;/h10H,5-7H2,1-4H3;1H. The first kappa shape index (κ1) is 15.1. The highest BCUT2D eigenvalue weighted by Gasteiger charge is 2.50. The lowest BCUT2D eigenvalue weighted by molar-refractivity contribution is -0.925. The van der Waals surface area contributed by atoms with Gasteiger partial charge in [-0.25, -0.2) is 5.32 Å². The van der Waals surface area contributed by atoms with Crippen LogP contribution >= 0.6 is 0 Å². The molecule has 0 aromatic carbocycles. The number of halogens is 1. The van der Waals surface area contributed by atoms with Crippen LogP contribution in [0.3, 0.4) is 0 Å². The fourth-order valence-electron chi connectivity index (χ4n) is 1.87. The van der Waals surface area contributed by atoms with Crippen molar-refractivity contribution in [3.05, 3.63) is 0 Å². The summed E-state index contributed by atoms with van der Waals surface area (Å²) in [4.78, 5) is 0. The van der Waals surface area contributed by atoms with E-state index in [-0.39, 0.29) is 12.4 Å². The van der Waals surface area contributed by atoms with Crippen molar-refractivity contribution in [1.82, 2.24) is 0 Å². The molecule has 2 N–H and O–H groups in total. The number of hydrogen-bond acceptors (Lipinski definition) is 4. The Morgan fingerprint density at radius 1 is 0.800 bits per heavy atom. The van der Waals surface area contributed by atoms with Crippen LogP contribution in [0.5, 0.6) is 0 Å². The highest BCUT2D eigenvalue weighted by Crippen LogP contribution is 2.23. The molecule has 1 aliphatic heterocycles. The molecule has 0 aliphatic carbocycles. The van der Waals surface area contributed by atoms with Crippen LogP contribution in [-0.2, 0) is 18.9 Å². The quantitative estimate of drug-likeness (QED) is 0.523. The maximum Gasteiger partial charge on any atom is 0.319 e.